The van der Waals surface area contributed by atoms with E-state index in [-0.39, 0.29) is 11.3 Å². The molecule has 3 rings (SSSR count). The minimum Gasteiger partial charge on any atom is -0.497 e. The molecule has 0 amide bonds. The number of rotatable bonds is 3. The van der Waals surface area contributed by atoms with Crippen LogP contribution in [0.2, 0.25) is 0 Å². The van der Waals surface area contributed by atoms with Crippen LogP contribution >= 0.6 is 0 Å². The molecule has 0 saturated heterocycles. The Morgan fingerprint density at radius 2 is 1.95 bits per heavy atom. The number of fused-ring (bicyclic) bond motifs is 1. The first-order valence-electron chi connectivity index (χ1n) is 6.56. The summed E-state index contributed by atoms with van der Waals surface area (Å²) in [5.74, 6) is -0.535. The zero-order chi connectivity index (χ0) is 15.0. The molecule has 1 N–H and O–H groups in total. The fraction of sp³-hybridized carbons (Fsp3) is 0.118. The minimum atomic E-state index is -0.582. The molecule has 0 aliphatic rings. The largest absolute Gasteiger partial charge is 0.497 e. The third-order valence-corrected chi connectivity index (χ3v) is 3.50. The number of H-pyrrole nitrogens is 1. The van der Waals surface area contributed by atoms with Crippen molar-refractivity contribution in [2.75, 3.05) is 7.11 Å². The molecule has 0 aliphatic carbocycles. The molecule has 106 valence electrons. The van der Waals surface area contributed by atoms with Crippen molar-refractivity contribution in [1.82, 2.24) is 4.98 Å². The van der Waals surface area contributed by atoms with Gasteiger partial charge in [0.05, 0.1) is 12.7 Å². The number of halogens is 1. The lowest BCUT2D eigenvalue weighted by Gasteiger charge is -2.04. The molecular formula is C17H14FNO2. The first-order chi connectivity index (χ1) is 10.1. The van der Waals surface area contributed by atoms with E-state index < -0.39 is 5.82 Å². The van der Waals surface area contributed by atoms with Crippen molar-refractivity contribution in [3.63, 3.8) is 0 Å². The first-order valence-corrected chi connectivity index (χ1v) is 6.56. The first kappa shape index (κ1) is 13.4. The molecule has 3 nitrogen and oxygen atoms in total. The van der Waals surface area contributed by atoms with E-state index in [0.717, 1.165) is 16.5 Å². The third kappa shape index (κ3) is 2.29. The summed E-state index contributed by atoms with van der Waals surface area (Å²) in [4.78, 5) is 15.6. The Morgan fingerprint density at radius 3 is 2.67 bits per heavy atom. The summed E-state index contributed by atoms with van der Waals surface area (Å²) < 4.78 is 19.0. The maximum absolute atomic E-state index is 14.0. The van der Waals surface area contributed by atoms with Gasteiger partial charge in [0.15, 0.2) is 5.78 Å². The van der Waals surface area contributed by atoms with Crippen LogP contribution in [-0.2, 0) is 0 Å². The van der Waals surface area contributed by atoms with E-state index in [4.69, 9.17) is 4.74 Å². The average molecular weight is 283 g/mol. The van der Waals surface area contributed by atoms with E-state index in [0.29, 0.717) is 11.3 Å². The Morgan fingerprint density at radius 1 is 1.14 bits per heavy atom. The molecule has 1 heterocycles. The predicted octanol–water partition coefficient (Wildman–Crippen LogP) is 3.86. The van der Waals surface area contributed by atoms with Crippen LogP contribution in [-0.4, -0.2) is 17.9 Å². The normalized spacial score (nSPS) is 10.8. The molecule has 0 spiro atoms. The maximum Gasteiger partial charge on any atom is 0.198 e. The van der Waals surface area contributed by atoms with Gasteiger partial charge < -0.3 is 9.72 Å². The maximum atomic E-state index is 14.0. The molecular weight excluding hydrogens is 269 g/mol. The topological polar surface area (TPSA) is 42.1 Å². The van der Waals surface area contributed by atoms with Crippen molar-refractivity contribution in [2.45, 2.75) is 6.92 Å². The number of benzene rings is 2. The minimum absolute atomic E-state index is 0.0400. The lowest BCUT2D eigenvalue weighted by atomic mass is 10.0. The van der Waals surface area contributed by atoms with Gasteiger partial charge in [-0.05, 0) is 31.2 Å². The van der Waals surface area contributed by atoms with E-state index in [1.165, 1.54) is 19.2 Å². The Hall–Kier alpha value is -2.62. The average Bonchev–Trinajstić information content (AvgIpc) is 2.89. The second-order valence-corrected chi connectivity index (χ2v) is 4.93. The summed E-state index contributed by atoms with van der Waals surface area (Å²) in [5, 5.41) is 0.801. The van der Waals surface area contributed by atoms with Crippen molar-refractivity contribution >= 4 is 16.7 Å². The summed E-state index contributed by atoms with van der Waals surface area (Å²) in [6.45, 7) is 1.95. The molecule has 4 heteroatoms. The smallest absolute Gasteiger partial charge is 0.198 e. The van der Waals surface area contributed by atoms with Gasteiger partial charge >= 0.3 is 0 Å². The van der Waals surface area contributed by atoms with Crippen LogP contribution in [0.3, 0.4) is 0 Å². The fourth-order valence-electron chi connectivity index (χ4n) is 2.37. The Kier molecular flexibility index (Phi) is 3.22. The van der Waals surface area contributed by atoms with Gasteiger partial charge in [-0.3, -0.25) is 4.79 Å². The number of aromatic amines is 1. The van der Waals surface area contributed by atoms with Crippen LogP contribution in [0.25, 0.3) is 10.9 Å². The van der Waals surface area contributed by atoms with Gasteiger partial charge in [-0.25, -0.2) is 4.39 Å². The summed E-state index contributed by atoms with van der Waals surface area (Å²) in [5.41, 5.74) is 2.42. The molecule has 0 bridgehead atoms. The van der Waals surface area contributed by atoms with E-state index in [9.17, 15) is 9.18 Å². The number of hydrogen-bond acceptors (Lipinski definition) is 2. The van der Waals surface area contributed by atoms with Gasteiger partial charge in [-0.15, -0.1) is 0 Å². The number of ether oxygens (including phenoxy) is 1. The molecule has 21 heavy (non-hydrogen) atoms. The number of aryl methyl sites for hydroxylation is 1. The summed E-state index contributed by atoms with van der Waals surface area (Å²) >= 11 is 0. The highest BCUT2D eigenvalue weighted by atomic mass is 19.1. The molecule has 0 radical (unpaired) electrons. The Labute approximate surface area is 121 Å². The molecule has 0 fully saturated rings. The second-order valence-electron chi connectivity index (χ2n) is 4.93. The van der Waals surface area contributed by atoms with Crippen LogP contribution in [0.4, 0.5) is 4.39 Å². The summed E-state index contributed by atoms with van der Waals surface area (Å²) in [6, 6.07) is 10.0. The van der Waals surface area contributed by atoms with Crippen LogP contribution in [0.1, 0.15) is 21.5 Å². The van der Waals surface area contributed by atoms with E-state index in [1.807, 2.05) is 25.1 Å². The molecule has 2 aromatic carbocycles. The molecule has 0 saturated carbocycles. The quantitative estimate of drug-likeness (QED) is 0.742. The fourth-order valence-corrected chi connectivity index (χ4v) is 2.37. The second kappa shape index (κ2) is 5.05. The van der Waals surface area contributed by atoms with Crippen molar-refractivity contribution in [1.29, 1.82) is 0 Å². The van der Waals surface area contributed by atoms with Crippen molar-refractivity contribution < 1.29 is 13.9 Å². The van der Waals surface area contributed by atoms with Gasteiger partial charge in [0, 0.05) is 28.7 Å². The Bertz CT molecular complexity index is 836. The molecule has 0 unspecified atom stereocenters. The monoisotopic (exact) mass is 283 g/mol. The van der Waals surface area contributed by atoms with E-state index in [2.05, 4.69) is 4.98 Å². The van der Waals surface area contributed by atoms with Gasteiger partial charge in [-0.2, -0.15) is 0 Å². The van der Waals surface area contributed by atoms with Gasteiger partial charge in [0.1, 0.15) is 11.6 Å². The van der Waals surface area contributed by atoms with Crippen molar-refractivity contribution in [3.05, 3.63) is 65.1 Å². The van der Waals surface area contributed by atoms with Gasteiger partial charge in [-0.1, -0.05) is 11.6 Å². The number of hydrogen-bond donors (Lipinski definition) is 1. The predicted molar refractivity (Wildman–Crippen MR) is 79.4 cm³/mol. The SMILES string of the molecule is COc1ccc(C(=O)c2c[nH]c3ccc(C)cc23)c(F)c1. The zero-order valence-corrected chi connectivity index (χ0v) is 11.7. The zero-order valence-electron chi connectivity index (χ0n) is 11.7. The van der Waals surface area contributed by atoms with Gasteiger partial charge in [0.25, 0.3) is 0 Å². The number of methoxy groups -OCH3 is 1. The lowest BCUT2D eigenvalue weighted by Crippen LogP contribution is -2.04. The molecule has 3 aromatic rings. The number of carbonyl (C=O) groups excluding carboxylic acids is 1. The summed E-state index contributed by atoms with van der Waals surface area (Å²) in [6.07, 6.45) is 1.62. The van der Waals surface area contributed by atoms with Crippen molar-refractivity contribution in [3.8, 4) is 5.75 Å². The van der Waals surface area contributed by atoms with Crippen LogP contribution in [0.15, 0.2) is 42.6 Å². The Balaban J connectivity index is 2.10. The van der Waals surface area contributed by atoms with E-state index >= 15 is 0 Å². The molecule has 0 aliphatic heterocycles. The third-order valence-electron chi connectivity index (χ3n) is 3.50. The number of ketones is 1. The number of nitrogens with one attached hydrogen (secondary N) is 1. The lowest BCUT2D eigenvalue weighted by molar-refractivity contribution is 0.103. The van der Waals surface area contributed by atoms with Crippen molar-refractivity contribution in [2.24, 2.45) is 0 Å². The van der Waals surface area contributed by atoms with Crippen LogP contribution in [0, 0.1) is 12.7 Å². The number of carbonyl (C=O) groups is 1. The van der Waals surface area contributed by atoms with Crippen LogP contribution in [0.5, 0.6) is 5.75 Å². The molecule has 1 aromatic heterocycles. The highest BCUT2D eigenvalue weighted by Gasteiger charge is 2.18. The standard InChI is InChI=1S/C17H14FNO2/c1-10-3-6-16-13(7-10)14(9-19-16)17(20)12-5-4-11(21-2)8-15(12)18/h3-9,19H,1-2H3. The molecule has 0 atom stereocenters. The highest BCUT2D eigenvalue weighted by Crippen LogP contribution is 2.25. The highest BCUT2D eigenvalue weighted by molar-refractivity contribution is 6.16. The van der Waals surface area contributed by atoms with E-state index in [1.54, 1.807) is 12.3 Å². The van der Waals surface area contributed by atoms with Gasteiger partial charge in [0.2, 0.25) is 0 Å². The van der Waals surface area contributed by atoms with Crippen LogP contribution < -0.4 is 4.74 Å². The number of aromatic nitrogens is 1. The summed E-state index contributed by atoms with van der Waals surface area (Å²) in [7, 11) is 1.46.